The molecule has 1 amide bonds. The van der Waals surface area contributed by atoms with Gasteiger partial charge in [0.1, 0.15) is 23.5 Å². The summed E-state index contributed by atoms with van der Waals surface area (Å²) in [6, 6.07) is 10.0. The summed E-state index contributed by atoms with van der Waals surface area (Å²) < 4.78 is 19.1. The fraction of sp³-hybridized carbons (Fsp3) is 0.435. The third-order valence-electron chi connectivity index (χ3n) is 5.42. The number of nitrogens with one attached hydrogen (secondary N) is 2. The van der Waals surface area contributed by atoms with Gasteiger partial charge in [0.2, 0.25) is 5.91 Å². The molecule has 1 aromatic heterocycles. The maximum absolute atomic E-state index is 13.3. The number of benzene rings is 1. The zero-order valence-corrected chi connectivity index (χ0v) is 21.3. The monoisotopic (exact) mass is 570 g/mol. The zero-order valence-electron chi connectivity index (χ0n) is 19.0. The first kappa shape index (κ1) is 26.6. The van der Waals surface area contributed by atoms with Crippen LogP contribution in [0.3, 0.4) is 0 Å². The topological polar surface area (TPSA) is 105 Å². The summed E-state index contributed by atoms with van der Waals surface area (Å²) in [5, 5.41) is 6.53. The maximum Gasteiger partial charge on any atom is 0.220 e. The number of nitrogens with zero attached hydrogens (tertiary/aromatic N) is 3. The number of ether oxygens (including phenoxy) is 1. The highest BCUT2D eigenvalue weighted by atomic mass is 127. The number of guanidine groups is 1. The number of primary amides is 1. The Hall–Kier alpha value is -2.63. The van der Waals surface area contributed by atoms with Gasteiger partial charge < -0.3 is 26.0 Å². The molecule has 180 valence electrons. The van der Waals surface area contributed by atoms with E-state index in [0.717, 1.165) is 37.3 Å². The minimum Gasteiger partial charge on any atom is -0.489 e. The lowest BCUT2D eigenvalue weighted by Crippen LogP contribution is -2.42. The number of amides is 1. The molecule has 1 aromatic carbocycles. The van der Waals surface area contributed by atoms with Crippen molar-refractivity contribution in [3.8, 4) is 5.75 Å². The summed E-state index contributed by atoms with van der Waals surface area (Å²) in [6.07, 6.45) is 3.07. The highest BCUT2D eigenvalue weighted by Gasteiger charge is 2.25. The van der Waals surface area contributed by atoms with Gasteiger partial charge in [-0.05, 0) is 38.0 Å². The number of anilines is 1. The summed E-state index contributed by atoms with van der Waals surface area (Å²) in [6.45, 7) is 4.44. The van der Waals surface area contributed by atoms with Crippen molar-refractivity contribution in [3.63, 3.8) is 0 Å². The Morgan fingerprint density at radius 1 is 1.30 bits per heavy atom. The van der Waals surface area contributed by atoms with Gasteiger partial charge in [-0.15, -0.1) is 24.0 Å². The van der Waals surface area contributed by atoms with Crippen molar-refractivity contribution in [2.24, 2.45) is 16.6 Å². The molecular weight excluding hydrogens is 538 g/mol. The van der Waals surface area contributed by atoms with Gasteiger partial charge in [-0.1, -0.05) is 12.1 Å². The third-order valence-corrected chi connectivity index (χ3v) is 5.42. The Labute approximate surface area is 211 Å². The molecule has 4 N–H and O–H groups in total. The van der Waals surface area contributed by atoms with Crippen LogP contribution in [0.25, 0.3) is 0 Å². The molecule has 10 heteroatoms. The van der Waals surface area contributed by atoms with Crippen LogP contribution in [0.15, 0.2) is 47.6 Å². The number of pyridine rings is 1. The maximum atomic E-state index is 13.3. The average molecular weight is 570 g/mol. The normalized spacial score (nSPS) is 15.4. The van der Waals surface area contributed by atoms with E-state index in [1.54, 1.807) is 25.4 Å². The lowest BCUT2D eigenvalue weighted by atomic mass is 9.96. The standard InChI is InChI=1S/C23H31FN6O2.HI/c1-16(32-20-7-3-6-19(24)13-20)14-28-23(26-2)29-15-18-5-4-10-27-22(18)30-11-8-17(9-12-30)21(25)31;/h3-7,10,13,16-17H,8-9,11-12,14-15H2,1-2H3,(H2,25,31)(H2,26,28,29);1H. The number of hydrogen-bond donors (Lipinski definition) is 3. The highest BCUT2D eigenvalue weighted by molar-refractivity contribution is 14.0. The Morgan fingerprint density at radius 3 is 2.73 bits per heavy atom. The molecule has 0 bridgehead atoms. The van der Waals surface area contributed by atoms with E-state index in [9.17, 15) is 9.18 Å². The van der Waals surface area contributed by atoms with Crippen LogP contribution in [-0.2, 0) is 11.3 Å². The SMILES string of the molecule is CN=C(NCc1cccnc1N1CCC(C(N)=O)CC1)NCC(C)Oc1cccc(F)c1.I. The number of rotatable bonds is 8. The fourth-order valence-corrected chi connectivity index (χ4v) is 3.68. The molecule has 2 heterocycles. The van der Waals surface area contributed by atoms with Gasteiger partial charge in [0.25, 0.3) is 0 Å². The predicted octanol–water partition coefficient (Wildman–Crippen LogP) is 2.67. The molecular formula is C23H32FIN6O2. The van der Waals surface area contributed by atoms with Gasteiger partial charge >= 0.3 is 0 Å². The van der Waals surface area contributed by atoms with Crippen LogP contribution >= 0.6 is 24.0 Å². The number of halogens is 2. The molecule has 8 nitrogen and oxygen atoms in total. The summed E-state index contributed by atoms with van der Waals surface area (Å²) in [7, 11) is 1.70. The quantitative estimate of drug-likeness (QED) is 0.256. The molecule has 3 rings (SSSR count). The second-order valence-electron chi connectivity index (χ2n) is 7.84. The largest absolute Gasteiger partial charge is 0.489 e. The van der Waals surface area contributed by atoms with Crippen molar-refractivity contribution in [2.75, 3.05) is 31.6 Å². The van der Waals surface area contributed by atoms with Crippen molar-refractivity contribution in [1.29, 1.82) is 0 Å². The first-order valence-corrected chi connectivity index (χ1v) is 10.8. The Morgan fingerprint density at radius 2 is 2.06 bits per heavy atom. The number of aliphatic imine (C=N–C) groups is 1. The highest BCUT2D eigenvalue weighted by Crippen LogP contribution is 2.24. The number of aromatic nitrogens is 1. The molecule has 0 radical (unpaired) electrons. The van der Waals surface area contributed by atoms with Crippen molar-refractivity contribution in [2.45, 2.75) is 32.4 Å². The molecule has 1 fully saturated rings. The molecule has 0 aliphatic carbocycles. The fourth-order valence-electron chi connectivity index (χ4n) is 3.68. The van der Waals surface area contributed by atoms with Crippen molar-refractivity contribution >= 4 is 41.7 Å². The summed E-state index contributed by atoms with van der Waals surface area (Å²) in [5.41, 5.74) is 6.49. The zero-order chi connectivity index (χ0) is 22.9. The Bertz CT molecular complexity index is 937. The summed E-state index contributed by atoms with van der Waals surface area (Å²) in [5.74, 6) is 1.41. The van der Waals surface area contributed by atoms with Gasteiger partial charge in [0.15, 0.2) is 5.96 Å². The lowest BCUT2D eigenvalue weighted by molar-refractivity contribution is -0.122. The van der Waals surface area contributed by atoms with Crippen molar-refractivity contribution < 1.29 is 13.9 Å². The van der Waals surface area contributed by atoms with E-state index in [1.165, 1.54) is 12.1 Å². The van der Waals surface area contributed by atoms with Crippen LogP contribution in [-0.4, -0.2) is 49.6 Å². The van der Waals surface area contributed by atoms with Crippen LogP contribution in [0, 0.1) is 11.7 Å². The predicted molar refractivity (Wildman–Crippen MR) is 138 cm³/mol. The first-order valence-electron chi connectivity index (χ1n) is 10.8. The molecule has 1 saturated heterocycles. The van der Waals surface area contributed by atoms with E-state index in [2.05, 4.69) is 25.5 Å². The van der Waals surface area contributed by atoms with Crippen LogP contribution < -0.4 is 26.0 Å². The van der Waals surface area contributed by atoms with Gasteiger partial charge in [-0.25, -0.2) is 9.37 Å². The number of piperidine rings is 1. The van der Waals surface area contributed by atoms with Gasteiger partial charge in [0.05, 0.1) is 6.54 Å². The minimum absolute atomic E-state index is 0. The minimum atomic E-state index is -0.328. The lowest BCUT2D eigenvalue weighted by Gasteiger charge is -2.32. The van der Waals surface area contributed by atoms with Crippen molar-refractivity contribution in [3.05, 3.63) is 54.0 Å². The van der Waals surface area contributed by atoms with E-state index >= 15 is 0 Å². The van der Waals surface area contributed by atoms with Crippen molar-refractivity contribution in [1.82, 2.24) is 15.6 Å². The summed E-state index contributed by atoms with van der Waals surface area (Å²) in [4.78, 5) is 22.5. The molecule has 1 unspecified atom stereocenters. The van der Waals surface area contributed by atoms with E-state index in [-0.39, 0.29) is 47.7 Å². The van der Waals surface area contributed by atoms with Gasteiger partial charge in [0, 0.05) is 50.4 Å². The molecule has 0 spiro atoms. The molecule has 1 aliphatic rings. The first-order chi connectivity index (χ1) is 15.5. The number of carbonyl (C=O) groups excluding carboxylic acids is 1. The molecule has 33 heavy (non-hydrogen) atoms. The van der Waals surface area contributed by atoms with E-state index < -0.39 is 0 Å². The molecule has 1 atom stereocenters. The van der Waals surface area contributed by atoms with Gasteiger partial charge in [-0.2, -0.15) is 0 Å². The van der Waals surface area contributed by atoms with E-state index in [0.29, 0.717) is 24.8 Å². The molecule has 0 saturated carbocycles. The Kier molecular flexibility index (Phi) is 10.6. The third kappa shape index (κ3) is 8.02. The van der Waals surface area contributed by atoms with Crippen LogP contribution in [0.1, 0.15) is 25.3 Å². The number of hydrogen-bond acceptors (Lipinski definition) is 5. The van der Waals surface area contributed by atoms with E-state index in [1.807, 2.05) is 19.1 Å². The second-order valence-corrected chi connectivity index (χ2v) is 7.84. The van der Waals surface area contributed by atoms with Crippen LogP contribution in [0.2, 0.25) is 0 Å². The smallest absolute Gasteiger partial charge is 0.220 e. The second kappa shape index (κ2) is 13.2. The van der Waals surface area contributed by atoms with E-state index in [4.69, 9.17) is 10.5 Å². The average Bonchev–Trinajstić information content (AvgIpc) is 2.79. The summed E-state index contributed by atoms with van der Waals surface area (Å²) >= 11 is 0. The van der Waals surface area contributed by atoms with Crippen LogP contribution in [0.4, 0.5) is 10.2 Å². The Balaban J connectivity index is 0.00000385. The number of carbonyl (C=O) groups is 1. The van der Waals surface area contributed by atoms with Gasteiger partial charge in [-0.3, -0.25) is 9.79 Å². The molecule has 2 aromatic rings. The van der Waals surface area contributed by atoms with Crippen LogP contribution in [0.5, 0.6) is 5.75 Å². The molecule has 1 aliphatic heterocycles. The number of nitrogens with two attached hydrogens (primary N) is 1.